The van der Waals surface area contributed by atoms with Crippen LogP contribution in [0.1, 0.15) is 5.69 Å². The molecule has 0 amide bonds. The molecule has 1 fully saturated rings. The standard InChI is InChI=1S/C16H15N5O2/c17-6-10-5-12-13(8-20-10)21-16-15(12)14(1-2-19-16)23-9-11-7-18-3-4-22-11/h1-2,5,8,11,18H,3-4,7,9H2,(H,19,21)/t11-/m0/s1. The summed E-state index contributed by atoms with van der Waals surface area (Å²) in [5.74, 6) is 0.727. The number of nitrogens with zero attached hydrogens (tertiary/aromatic N) is 3. The summed E-state index contributed by atoms with van der Waals surface area (Å²) >= 11 is 0. The summed E-state index contributed by atoms with van der Waals surface area (Å²) < 4.78 is 11.6. The van der Waals surface area contributed by atoms with Crippen molar-refractivity contribution in [2.45, 2.75) is 6.10 Å². The summed E-state index contributed by atoms with van der Waals surface area (Å²) in [5, 5.41) is 14.1. The molecule has 0 unspecified atom stereocenters. The zero-order chi connectivity index (χ0) is 15.6. The van der Waals surface area contributed by atoms with Crippen LogP contribution in [-0.4, -0.2) is 47.4 Å². The molecule has 7 heteroatoms. The number of pyridine rings is 2. The molecule has 4 rings (SSSR count). The predicted octanol–water partition coefficient (Wildman–Crippen LogP) is 1.35. The second kappa shape index (κ2) is 5.83. The van der Waals surface area contributed by atoms with Crippen LogP contribution in [-0.2, 0) is 4.74 Å². The molecule has 116 valence electrons. The van der Waals surface area contributed by atoms with Gasteiger partial charge >= 0.3 is 0 Å². The molecule has 1 aliphatic rings. The van der Waals surface area contributed by atoms with Gasteiger partial charge in [0.2, 0.25) is 0 Å². The van der Waals surface area contributed by atoms with Crippen molar-refractivity contribution in [3.05, 3.63) is 30.2 Å². The number of rotatable bonds is 3. The van der Waals surface area contributed by atoms with Gasteiger partial charge in [0.15, 0.2) is 0 Å². The second-order valence-corrected chi connectivity index (χ2v) is 5.39. The number of morpholine rings is 1. The SMILES string of the molecule is N#Cc1cc2c(cn1)[nH]c1nccc(OC[C@@H]3CNCCO3)c12. The van der Waals surface area contributed by atoms with Gasteiger partial charge in [0.05, 0.1) is 23.7 Å². The number of ether oxygens (including phenoxy) is 2. The lowest BCUT2D eigenvalue weighted by Crippen LogP contribution is -2.41. The van der Waals surface area contributed by atoms with Crippen LogP contribution >= 0.6 is 0 Å². The minimum absolute atomic E-state index is 0.0357. The van der Waals surface area contributed by atoms with E-state index in [1.807, 2.05) is 6.07 Å². The van der Waals surface area contributed by atoms with Gasteiger partial charge in [-0.3, -0.25) is 0 Å². The highest BCUT2D eigenvalue weighted by Crippen LogP contribution is 2.32. The largest absolute Gasteiger partial charge is 0.490 e. The number of nitriles is 1. The molecule has 0 aliphatic carbocycles. The number of nitrogens with one attached hydrogen (secondary N) is 2. The van der Waals surface area contributed by atoms with E-state index in [0.29, 0.717) is 18.9 Å². The Balaban J connectivity index is 1.72. The van der Waals surface area contributed by atoms with Crippen molar-refractivity contribution in [2.75, 3.05) is 26.3 Å². The highest BCUT2D eigenvalue weighted by molar-refractivity contribution is 6.09. The van der Waals surface area contributed by atoms with Gasteiger partial charge in [0.25, 0.3) is 0 Å². The number of hydrogen-bond acceptors (Lipinski definition) is 6. The minimum Gasteiger partial charge on any atom is -0.490 e. The van der Waals surface area contributed by atoms with Gasteiger partial charge in [-0.25, -0.2) is 9.97 Å². The number of aromatic nitrogens is 3. The normalized spacial score (nSPS) is 18.1. The van der Waals surface area contributed by atoms with Crippen LogP contribution in [0.5, 0.6) is 5.75 Å². The summed E-state index contributed by atoms with van der Waals surface area (Å²) in [6.45, 7) is 2.83. The zero-order valence-corrected chi connectivity index (χ0v) is 12.4. The van der Waals surface area contributed by atoms with Crippen LogP contribution < -0.4 is 10.1 Å². The van der Waals surface area contributed by atoms with Crippen LogP contribution in [0.3, 0.4) is 0 Å². The monoisotopic (exact) mass is 309 g/mol. The average molecular weight is 309 g/mol. The van der Waals surface area contributed by atoms with E-state index >= 15 is 0 Å². The molecule has 1 saturated heterocycles. The van der Waals surface area contributed by atoms with E-state index in [4.69, 9.17) is 14.7 Å². The predicted molar refractivity (Wildman–Crippen MR) is 84.2 cm³/mol. The lowest BCUT2D eigenvalue weighted by molar-refractivity contribution is 0.000515. The molecule has 2 N–H and O–H groups in total. The molecule has 1 aliphatic heterocycles. The molecule has 7 nitrogen and oxygen atoms in total. The van der Waals surface area contributed by atoms with Gasteiger partial charge < -0.3 is 19.8 Å². The van der Waals surface area contributed by atoms with E-state index in [1.165, 1.54) is 0 Å². The Hall–Kier alpha value is -2.69. The van der Waals surface area contributed by atoms with Crippen molar-refractivity contribution in [2.24, 2.45) is 0 Å². The fourth-order valence-electron chi connectivity index (χ4n) is 2.78. The fourth-order valence-corrected chi connectivity index (χ4v) is 2.78. The Kier molecular flexibility index (Phi) is 3.54. The third-order valence-electron chi connectivity index (χ3n) is 3.88. The molecule has 3 aromatic heterocycles. The first kappa shape index (κ1) is 13.9. The van der Waals surface area contributed by atoms with E-state index in [2.05, 4.69) is 26.3 Å². The van der Waals surface area contributed by atoms with Crippen molar-refractivity contribution in [3.63, 3.8) is 0 Å². The second-order valence-electron chi connectivity index (χ2n) is 5.39. The topological polar surface area (TPSA) is 95.9 Å². The maximum atomic E-state index is 9.06. The molecule has 1 atom stereocenters. The molecule has 4 heterocycles. The Morgan fingerprint density at radius 1 is 1.43 bits per heavy atom. The van der Waals surface area contributed by atoms with E-state index < -0.39 is 0 Å². The maximum Gasteiger partial charge on any atom is 0.142 e. The Morgan fingerprint density at radius 2 is 2.39 bits per heavy atom. The number of aromatic amines is 1. The van der Waals surface area contributed by atoms with Crippen LogP contribution in [0, 0.1) is 11.3 Å². The Labute approximate surface area is 132 Å². The number of hydrogen-bond donors (Lipinski definition) is 2. The molecule has 23 heavy (non-hydrogen) atoms. The Bertz CT molecular complexity index is 892. The average Bonchev–Trinajstić information content (AvgIpc) is 2.99. The van der Waals surface area contributed by atoms with E-state index in [0.717, 1.165) is 40.8 Å². The first-order chi connectivity index (χ1) is 11.3. The van der Waals surface area contributed by atoms with Crippen molar-refractivity contribution in [1.82, 2.24) is 20.3 Å². The molecule has 3 aromatic rings. The lowest BCUT2D eigenvalue weighted by atomic mass is 10.2. The summed E-state index contributed by atoms with van der Waals surface area (Å²) in [6.07, 6.45) is 3.38. The molecule has 0 spiro atoms. The lowest BCUT2D eigenvalue weighted by Gasteiger charge is -2.23. The van der Waals surface area contributed by atoms with Crippen LogP contribution in [0.4, 0.5) is 0 Å². The summed E-state index contributed by atoms with van der Waals surface area (Å²) in [5.41, 5.74) is 1.92. The van der Waals surface area contributed by atoms with Gasteiger partial charge in [-0.15, -0.1) is 0 Å². The number of H-pyrrole nitrogens is 1. The minimum atomic E-state index is 0.0357. The van der Waals surface area contributed by atoms with E-state index in [9.17, 15) is 0 Å². The molecule has 0 radical (unpaired) electrons. The third kappa shape index (κ3) is 2.59. The van der Waals surface area contributed by atoms with Crippen LogP contribution in [0.2, 0.25) is 0 Å². The molecular formula is C16H15N5O2. The van der Waals surface area contributed by atoms with Crippen LogP contribution in [0.25, 0.3) is 21.9 Å². The smallest absolute Gasteiger partial charge is 0.142 e. The van der Waals surface area contributed by atoms with Crippen molar-refractivity contribution >= 4 is 21.9 Å². The van der Waals surface area contributed by atoms with Gasteiger partial charge in [-0.1, -0.05) is 0 Å². The first-order valence-electron chi connectivity index (χ1n) is 7.47. The van der Waals surface area contributed by atoms with Gasteiger partial charge in [-0.05, 0) is 12.1 Å². The van der Waals surface area contributed by atoms with Crippen LogP contribution in [0.15, 0.2) is 24.5 Å². The molecule has 0 saturated carbocycles. The quantitative estimate of drug-likeness (QED) is 0.758. The van der Waals surface area contributed by atoms with Gasteiger partial charge in [0.1, 0.15) is 35.9 Å². The maximum absolute atomic E-state index is 9.06. The number of fused-ring (bicyclic) bond motifs is 3. The van der Waals surface area contributed by atoms with Crippen molar-refractivity contribution < 1.29 is 9.47 Å². The summed E-state index contributed by atoms with van der Waals surface area (Å²) in [4.78, 5) is 11.6. The first-order valence-corrected chi connectivity index (χ1v) is 7.47. The fraction of sp³-hybridized carbons (Fsp3) is 0.312. The van der Waals surface area contributed by atoms with Crippen molar-refractivity contribution in [3.8, 4) is 11.8 Å². The zero-order valence-electron chi connectivity index (χ0n) is 12.4. The molecule has 0 bridgehead atoms. The highest BCUT2D eigenvalue weighted by Gasteiger charge is 2.16. The molecular weight excluding hydrogens is 294 g/mol. The highest BCUT2D eigenvalue weighted by atomic mass is 16.5. The summed E-state index contributed by atoms with van der Waals surface area (Å²) in [7, 11) is 0. The third-order valence-corrected chi connectivity index (χ3v) is 3.88. The van der Waals surface area contributed by atoms with E-state index in [-0.39, 0.29) is 6.10 Å². The van der Waals surface area contributed by atoms with Gasteiger partial charge in [0, 0.05) is 24.7 Å². The summed E-state index contributed by atoms with van der Waals surface area (Å²) in [6, 6.07) is 5.65. The van der Waals surface area contributed by atoms with Crippen molar-refractivity contribution in [1.29, 1.82) is 5.26 Å². The van der Waals surface area contributed by atoms with E-state index in [1.54, 1.807) is 18.5 Å². The Morgan fingerprint density at radius 3 is 3.22 bits per heavy atom. The molecule has 0 aromatic carbocycles. The van der Waals surface area contributed by atoms with Gasteiger partial charge in [-0.2, -0.15) is 5.26 Å².